The van der Waals surface area contributed by atoms with Crippen molar-refractivity contribution in [1.29, 1.82) is 0 Å². The summed E-state index contributed by atoms with van der Waals surface area (Å²) < 4.78 is 54.5. The third kappa shape index (κ3) is 6.25. The number of aromatic nitrogens is 1. The first-order valence-corrected chi connectivity index (χ1v) is 8.88. The van der Waals surface area contributed by atoms with Crippen LogP contribution in [0.4, 0.5) is 13.2 Å². The predicted molar refractivity (Wildman–Crippen MR) is 98.1 cm³/mol. The van der Waals surface area contributed by atoms with Gasteiger partial charge in [0.15, 0.2) is 0 Å². The summed E-state index contributed by atoms with van der Waals surface area (Å²) in [4.78, 5) is 3.70. The molecule has 0 aliphatic heterocycles. The summed E-state index contributed by atoms with van der Waals surface area (Å²) >= 11 is 5.94. The molecule has 0 saturated carbocycles. The first-order valence-electron chi connectivity index (χ1n) is 8.50. The molecule has 28 heavy (non-hydrogen) atoms. The van der Waals surface area contributed by atoms with Gasteiger partial charge in [0, 0.05) is 26.0 Å². The average molecular weight is 420 g/mol. The highest BCUT2D eigenvalue weighted by atomic mass is 35.5. The van der Waals surface area contributed by atoms with Crippen molar-refractivity contribution in [3.63, 3.8) is 0 Å². The summed E-state index contributed by atoms with van der Waals surface area (Å²) in [5.74, 6) is 0.639. The number of pyridine rings is 1. The third-order valence-corrected chi connectivity index (χ3v) is 4.09. The van der Waals surface area contributed by atoms with Crippen molar-refractivity contribution in [3.05, 3.63) is 46.6 Å². The van der Waals surface area contributed by atoms with Crippen LogP contribution >= 0.6 is 11.6 Å². The van der Waals surface area contributed by atoms with Crippen LogP contribution in [0.15, 0.2) is 30.5 Å². The Balaban J connectivity index is 2.31. The number of hydrogen-bond acceptors (Lipinski definition) is 5. The molecule has 1 atom stereocenters. The molecule has 1 N–H and O–H groups in total. The summed E-state index contributed by atoms with van der Waals surface area (Å²) in [6.45, 7) is 2.55. The van der Waals surface area contributed by atoms with Crippen LogP contribution in [0, 0.1) is 5.92 Å². The molecule has 0 aliphatic carbocycles. The zero-order valence-electron chi connectivity index (χ0n) is 15.4. The summed E-state index contributed by atoms with van der Waals surface area (Å²) in [6, 6.07) is 5.87. The Morgan fingerprint density at radius 1 is 1.21 bits per heavy atom. The van der Waals surface area contributed by atoms with Gasteiger partial charge >= 0.3 is 6.18 Å². The Kier molecular flexibility index (Phi) is 7.91. The smallest absolute Gasteiger partial charge is 0.417 e. The lowest BCUT2D eigenvalue weighted by Gasteiger charge is -2.16. The van der Waals surface area contributed by atoms with Crippen LogP contribution in [0.1, 0.15) is 18.1 Å². The second kappa shape index (κ2) is 9.95. The maximum absolute atomic E-state index is 12.8. The summed E-state index contributed by atoms with van der Waals surface area (Å²) in [7, 11) is 1.55. The standard InChI is InChI=1S/C19H21ClF3NO4/c1-12(11-25)7-13-3-4-15(27-6-5-26-2)9-17(13)28-18-16(20)8-14(10-24-18)19(21,22)23/h3-4,8-10,12,25H,5-7,11H2,1-2H3. The van der Waals surface area contributed by atoms with E-state index < -0.39 is 11.7 Å². The molecule has 5 nitrogen and oxygen atoms in total. The van der Waals surface area contributed by atoms with E-state index in [1.807, 2.05) is 6.92 Å². The van der Waals surface area contributed by atoms with Crippen molar-refractivity contribution in [2.45, 2.75) is 19.5 Å². The highest BCUT2D eigenvalue weighted by Gasteiger charge is 2.32. The Morgan fingerprint density at radius 3 is 2.57 bits per heavy atom. The summed E-state index contributed by atoms with van der Waals surface area (Å²) in [5, 5.41) is 9.04. The molecule has 0 saturated heterocycles. The van der Waals surface area contributed by atoms with Gasteiger partial charge in [-0.25, -0.2) is 4.98 Å². The van der Waals surface area contributed by atoms with Crippen molar-refractivity contribution in [2.75, 3.05) is 26.9 Å². The van der Waals surface area contributed by atoms with Gasteiger partial charge in [0.25, 0.3) is 0 Å². The van der Waals surface area contributed by atoms with Crippen molar-refractivity contribution in [3.8, 4) is 17.4 Å². The monoisotopic (exact) mass is 419 g/mol. The minimum atomic E-state index is -4.55. The Hall–Kier alpha value is -2.03. The SMILES string of the molecule is COCCOc1ccc(CC(C)CO)c(Oc2ncc(C(F)(F)F)cc2Cl)c1. The minimum absolute atomic E-state index is 0.0230. The van der Waals surface area contributed by atoms with Gasteiger partial charge in [-0.3, -0.25) is 0 Å². The lowest BCUT2D eigenvalue weighted by atomic mass is 10.0. The molecular formula is C19H21ClF3NO4. The lowest BCUT2D eigenvalue weighted by Crippen LogP contribution is -2.08. The molecule has 1 aromatic carbocycles. The van der Waals surface area contributed by atoms with E-state index in [0.29, 0.717) is 37.3 Å². The number of nitrogens with zero attached hydrogens (tertiary/aromatic N) is 1. The van der Waals surface area contributed by atoms with Gasteiger partial charge in [-0.05, 0) is 30.0 Å². The normalized spacial score (nSPS) is 12.7. The fraction of sp³-hybridized carbons (Fsp3) is 0.421. The quantitative estimate of drug-likeness (QED) is 0.595. The number of rotatable bonds is 9. The second-order valence-corrected chi connectivity index (χ2v) is 6.62. The fourth-order valence-corrected chi connectivity index (χ4v) is 2.54. The van der Waals surface area contributed by atoms with Crippen molar-refractivity contribution in [1.82, 2.24) is 4.98 Å². The van der Waals surface area contributed by atoms with Crippen LogP contribution < -0.4 is 9.47 Å². The molecule has 9 heteroatoms. The van der Waals surface area contributed by atoms with Crippen molar-refractivity contribution in [2.24, 2.45) is 5.92 Å². The highest BCUT2D eigenvalue weighted by molar-refractivity contribution is 6.31. The molecule has 0 radical (unpaired) electrons. The maximum Gasteiger partial charge on any atom is 0.417 e. The Morgan fingerprint density at radius 2 is 1.96 bits per heavy atom. The topological polar surface area (TPSA) is 60.8 Å². The maximum atomic E-state index is 12.8. The van der Waals surface area contributed by atoms with Crippen molar-refractivity contribution < 1.29 is 32.5 Å². The zero-order valence-corrected chi connectivity index (χ0v) is 16.2. The van der Waals surface area contributed by atoms with E-state index >= 15 is 0 Å². The van der Waals surface area contributed by atoms with E-state index in [1.54, 1.807) is 25.3 Å². The fourth-order valence-electron chi connectivity index (χ4n) is 2.33. The largest absolute Gasteiger partial charge is 0.491 e. The van der Waals surface area contributed by atoms with Gasteiger partial charge in [-0.1, -0.05) is 24.6 Å². The van der Waals surface area contributed by atoms with Crippen LogP contribution in [0.25, 0.3) is 0 Å². The molecule has 0 amide bonds. The zero-order chi connectivity index (χ0) is 20.7. The van der Waals surface area contributed by atoms with Gasteiger partial charge in [0.05, 0.1) is 12.2 Å². The molecule has 0 aliphatic rings. The molecule has 2 rings (SSSR count). The minimum Gasteiger partial charge on any atom is -0.491 e. The number of methoxy groups -OCH3 is 1. The number of alkyl halides is 3. The molecule has 0 bridgehead atoms. The Labute approximate surface area is 166 Å². The Bertz CT molecular complexity index is 786. The molecule has 1 aromatic heterocycles. The molecule has 1 heterocycles. The third-order valence-electron chi connectivity index (χ3n) is 3.82. The van der Waals surface area contributed by atoms with Gasteiger partial charge < -0.3 is 19.3 Å². The van der Waals surface area contributed by atoms with Crippen LogP contribution in [-0.4, -0.2) is 37.0 Å². The number of aliphatic hydroxyl groups excluding tert-OH is 1. The van der Waals surface area contributed by atoms with E-state index in [-0.39, 0.29) is 23.4 Å². The number of benzene rings is 1. The molecule has 0 spiro atoms. The number of aliphatic hydroxyl groups is 1. The van der Waals surface area contributed by atoms with E-state index in [2.05, 4.69) is 4.98 Å². The van der Waals surface area contributed by atoms with E-state index in [0.717, 1.165) is 11.6 Å². The van der Waals surface area contributed by atoms with Gasteiger partial charge in [0.2, 0.25) is 5.88 Å². The van der Waals surface area contributed by atoms with Gasteiger partial charge in [-0.2, -0.15) is 13.2 Å². The molecule has 1 unspecified atom stereocenters. The molecular weight excluding hydrogens is 399 g/mol. The lowest BCUT2D eigenvalue weighted by molar-refractivity contribution is -0.137. The van der Waals surface area contributed by atoms with E-state index in [1.165, 1.54) is 0 Å². The second-order valence-electron chi connectivity index (χ2n) is 6.21. The molecule has 154 valence electrons. The summed E-state index contributed by atoms with van der Waals surface area (Å²) in [6.07, 6.45) is -3.40. The molecule has 0 fully saturated rings. The summed E-state index contributed by atoms with van der Waals surface area (Å²) in [5.41, 5.74) is -0.228. The highest BCUT2D eigenvalue weighted by Crippen LogP contribution is 2.36. The first-order chi connectivity index (χ1) is 13.2. The van der Waals surface area contributed by atoms with Crippen LogP contribution in [-0.2, 0) is 17.3 Å². The van der Waals surface area contributed by atoms with Crippen molar-refractivity contribution >= 4 is 11.6 Å². The van der Waals surface area contributed by atoms with Gasteiger partial charge in [-0.15, -0.1) is 0 Å². The van der Waals surface area contributed by atoms with E-state index in [9.17, 15) is 18.3 Å². The number of hydrogen-bond donors (Lipinski definition) is 1. The first kappa shape index (κ1) is 22.3. The number of halogens is 4. The van der Waals surface area contributed by atoms with Crippen LogP contribution in [0.5, 0.6) is 17.4 Å². The average Bonchev–Trinajstić information content (AvgIpc) is 2.64. The van der Waals surface area contributed by atoms with Gasteiger partial charge in [0.1, 0.15) is 23.1 Å². The van der Waals surface area contributed by atoms with E-state index in [4.69, 9.17) is 25.8 Å². The number of ether oxygens (including phenoxy) is 3. The van der Waals surface area contributed by atoms with Crippen LogP contribution in [0.2, 0.25) is 5.02 Å². The van der Waals surface area contributed by atoms with Crippen LogP contribution in [0.3, 0.4) is 0 Å². The molecule has 2 aromatic rings. The predicted octanol–water partition coefficient (Wildman–Crippen LogP) is 4.74.